The Labute approximate surface area is 208 Å². The molecule has 0 spiro atoms. The van der Waals surface area contributed by atoms with Crippen molar-refractivity contribution in [2.24, 2.45) is 10.9 Å². The van der Waals surface area contributed by atoms with Gasteiger partial charge < -0.3 is 19.9 Å². The molecular weight excluding hydrogens is 446 g/mol. The van der Waals surface area contributed by atoms with E-state index in [1.165, 1.54) is 13.1 Å². The van der Waals surface area contributed by atoms with Crippen LogP contribution in [0.5, 0.6) is 0 Å². The van der Waals surface area contributed by atoms with Crippen molar-refractivity contribution in [1.82, 2.24) is 0 Å². The van der Waals surface area contributed by atoms with Crippen LogP contribution in [0.2, 0.25) is 0 Å². The van der Waals surface area contributed by atoms with Crippen molar-refractivity contribution >= 4 is 24.8 Å². The second-order valence-electron chi connectivity index (χ2n) is 11.1. The number of halogens is 1. The quantitative estimate of drug-likeness (QED) is 0.217. The van der Waals surface area contributed by atoms with Crippen molar-refractivity contribution in [1.29, 1.82) is 0 Å². The summed E-state index contributed by atoms with van der Waals surface area (Å²) in [7, 11) is -0.649. The second kappa shape index (κ2) is 9.74. The Morgan fingerprint density at radius 3 is 2.31 bits per heavy atom. The summed E-state index contributed by atoms with van der Waals surface area (Å²) < 4.78 is 33.4. The molecule has 0 saturated carbocycles. The Hall–Kier alpha value is -2.71. The number of nitrogens with two attached hydrogens (primary N) is 1. The van der Waals surface area contributed by atoms with Gasteiger partial charge in [0.05, 0.1) is 17.4 Å². The van der Waals surface area contributed by atoms with Gasteiger partial charge in [-0.05, 0) is 67.4 Å². The summed E-state index contributed by atoms with van der Waals surface area (Å²) in [5.74, 6) is 4.71. The Balaban J connectivity index is 2.11. The molecular formula is C27H36BFN2O4. The zero-order chi connectivity index (χ0) is 26.2. The highest BCUT2D eigenvalue weighted by atomic mass is 19.1. The highest BCUT2D eigenvalue weighted by Crippen LogP contribution is 2.37. The molecule has 188 valence electrons. The van der Waals surface area contributed by atoms with Gasteiger partial charge in [0.2, 0.25) is 0 Å². The fourth-order valence-corrected chi connectivity index (χ4v) is 4.02. The lowest BCUT2D eigenvalue weighted by Crippen LogP contribution is -2.41. The van der Waals surface area contributed by atoms with Gasteiger partial charge in [-0.3, -0.25) is 4.79 Å². The van der Waals surface area contributed by atoms with E-state index in [0.29, 0.717) is 11.1 Å². The summed E-state index contributed by atoms with van der Waals surface area (Å²) in [6.45, 7) is 15.4. The average Bonchev–Trinajstić information content (AvgIpc) is 2.95. The highest BCUT2D eigenvalue weighted by Gasteiger charge is 2.52. The monoisotopic (exact) mass is 482 g/mol. The van der Waals surface area contributed by atoms with E-state index in [2.05, 4.69) is 5.10 Å². The van der Waals surface area contributed by atoms with E-state index in [4.69, 9.17) is 19.9 Å². The minimum atomic E-state index is -0.649. The number of hydrogen-bond acceptors (Lipinski definition) is 6. The van der Waals surface area contributed by atoms with Crippen molar-refractivity contribution in [3.63, 3.8) is 0 Å². The van der Waals surface area contributed by atoms with Gasteiger partial charge in [-0.2, -0.15) is 5.10 Å². The fourth-order valence-electron chi connectivity index (χ4n) is 4.02. The van der Waals surface area contributed by atoms with Crippen LogP contribution in [-0.2, 0) is 37.3 Å². The van der Waals surface area contributed by atoms with Gasteiger partial charge in [0, 0.05) is 24.5 Å². The maximum Gasteiger partial charge on any atom is 0.495 e. The van der Waals surface area contributed by atoms with Crippen LogP contribution in [0.4, 0.5) is 4.39 Å². The second-order valence-corrected chi connectivity index (χ2v) is 11.1. The molecule has 1 fully saturated rings. The first-order valence-corrected chi connectivity index (χ1v) is 11.8. The normalized spacial score (nSPS) is 17.2. The van der Waals surface area contributed by atoms with E-state index in [9.17, 15) is 4.79 Å². The van der Waals surface area contributed by atoms with Crippen molar-refractivity contribution < 1.29 is 23.2 Å². The molecule has 0 radical (unpaired) electrons. The molecule has 8 heteroatoms. The zero-order valence-corrected chi connectivity index (χ0v) is 22.0. The number of esters is 1. The van der Waals surface area contributed by atoms with Crippen LogP contribution in [-0.4, -0.2) is 30.5 Å². The van der Waals surface area contributed by atoms with Crippen molar-refractivity contribution in [2.45, 2.75) is 85.0 Å². The van der Waals surface area contributed by atoms with Crippen LogP contribution < -0.4 is 11.3 Å². The van der Waals surface area contributed by atoms with Gasteiger partial charge in [0.25, 0.3) is 0 Å². The van der Waals surface area contributed by atoms with Crippen LogP contribution in [0, 0.1) is 5.82 Å². The largest absolute Gasteiger partial charge is 0.495 e. The minimum Gasteiger partial charge on any atom is -0.461 e. The lowest BCUT2D eigenvalue weighted by atomic mass is 9.74. The molecule has 1 saturated heterocycles. The molecule has 1 aliphatic heterocycles. The third-order valence-electron chi connectivity index (χ3n) is 6.91. The number of nitrogens with zero attached hydrogens (tertiary/aromatic N) is 1. The van der Waals surface area contributed by atoms with E-state index in [0.717, 1.165) is 22.2 Å². The molecule has 0 bridgehead atoms. The standard InChI is InChI=1S/C27H36BFN2O4/c1-17(32)33-16-22-18(10-9-11-23(22)28-34-26(5,6)27(7,8)35-28)13-21-19(15-31-30)12-20(14-24(21)29)25(2,3)4/h9-12,14-15H,13,16,30H2,1-8H3/b31-15-. The van der Waals surface area contributed by atoms with E-state index in [1.807, 2.05) is 72.7 Å². The van der Waals surface area contributed by atoms with Gasteiger partial charge in [0.15, 0.2) is 0 Å². The number of benzene rings is 2. The number of carbonyl (C=O) groups excluding carboxylic acids is 1. The lowest BCUT2D eigenvalue weighted by molar-refractivity contribution is -0.142. The Morgan fingerprint density at radius 1 is 1.14 bits per heavy atom. The zero-order valence-electron chi connectivity index (χ0n) is 22.0. The molecule has 0 aromatic heterocycles. The smallest absolute Gasteiger partial charge is 0.461 e. The Morgan fingerprint density at radius 2 is 1.77 bits per heavy atom. The first-order valence-electron chi connectivity index (χ1n) is 11.8. The molecule has 0 atom stereocenters. The summed E-state index contributed by atoms with van der Waals surface area (Å²) in [5.41, 5.74) is 2.89. The van der Waals surface area contributed by atoms with Gasteiger partial charge in [-0.15, -0.1) is 0 Å². The molecule has 2 aromatic rings. The molecule has 6 nitrogen and oxygen atoms in total. The Kier molecular flexibility index (Phi) is 7.49. The Bertz CT molecular complexity index is 1120. The average molecular weight is 482 g/mol. The molecule has 0 aliphatic carbocycles. The SMILES string of the molecule is CC(=O)OCc1c(Cc2c(F)cc(C(C)(C)C)cc2/C=N\N)cccc1B1OC(C)(C)C(C)(C)O1. The predicted molar refractivity (Wildman–Crippen MR) is 137 cm³/mol. The van der Waals surface area contributed by atoms with Crippen molar-refractivity contribution in [2.75, 3.05) is 0 Å². The van der Waals surface area contributed by atoms with E-state index < -0.39 is 24.3 Å². The molecule has 35 heavy (non-hydrogen) atoms. The molecule has 3 rings (SSSR count). The maximum absolute atomic E-state index is 15.5. The van der Waals surface area contributed by atoms with E-state index in [-0.39, 0.29) is 24.3 Å². The van der Waals surface area contributed by atoms with Crippen molar-refractivity contribution in [3.05, 3.63) is 64.0 Å². The number of carbonyl (C=O) groups is 1. The van der Waals surface area contributed by atoms with Gasteiger partial charge in [0.1, 0.15) is 12.4 Å². The number of ether oxygens (including phenoxy) is 1. The highest BCUT2D eigenvalue weighted by molar-refractivity contribution is 6.62. The van der Waals surface area contributed by atoms with E-state index in [1.54, 1.807) is 6.07 Å². The molecule has 2 aromatic carbocycles. The summed E-state index contributed by atoms with van der Waals surface area (Å²) in [6.07, 6.45) is 1.72. The van der Waals surface area contributed by atoms with Crippen LogP contribution >= 0.6 is 0 Å². The summed E-state index contributed by atoms with van der Waals surface area (Å²) in [5, 5.41) is 3.67. The third-order valence-corrected chi connectivity index (χ3v) is 6.91. The number of rotatable bonds is 6. The molecule has 1 heterocycles. The molecule has 1 aliphatic rings. The summed E-state index contributed by atoms with van der Waals surface area (Å²) in [6, 6.07) is 9.15. The number of hydrazone groups is 1. The van der Waals surface area contributed by atoms with Crippen LogP contribution in [0.25, 0.3) is 0 Å². The molecule has 2 N–H and O–H groups in total. The van der Waals surface area contributed by atoms with Gasteiger partial charge in [-0.1, -0.05) is 39.0 Å². The fraction of sp³-hybridized carbons (Fsp3) is 0.481. The van der Waals surface area contributed by atoms with Crippen LogP contribution in [0.1, 0.15) is 83.2 Å². The maximum atomic E-state index is 15.5. The number of hydrogen-bond donors (Lipinski definition) is 1. The first kappa shape index (κ1) is 26.9. The predicted octanol–water partition coefficient (Wildman–Crippen LogP) is 4.37. The summed E-state index contributed by atoms with van der Waals surface area (Å²) >= 11 is 0. The lowest BCUT2D eigenvalue weighted by Gasteiger charge is -2.32. The topological polar surface area (TPSA) is 83.1 Å². The minimum absolute atomic E-state index is 0.0208. The van der Waals surface area contributed by atoms with E-state index >= 15 is 4.39 Å². The van der Waals surface area contributed by atoms with Gasteiger partial charge in [-0.25, -0.2) is 4.39 Å². The third kappa shape index (κ3) is 5.76. The van der Waals surface area contributed by atoms with Crippen LogP contribution in [0.3, 0.4) is 0 Å². The van der Waals surface area contributed by atoms with Gasteiger partial charge >= 0.3 is 13.1 Å². The molecule has 0 amide bonds. The summed E-state index contributed by atoms with van der Waals surface area (Å²) in [4.78, 5) is 11.7. The first-order chi connectivity index (χ1) is 16.2. The molecule has 0 unspecified atom stereocenters. The van der Waals surface area contributed by atoms with Crippen molar-refractivity contribution in [3.8, 4) is 0 Å². The van der Waals surface area contributed by atoms with Crippen LogP contribution in [0.15, 0.2) is 35.4 Å².